The Hall–Kier alpha value is 0.540. The van der Waals surface area contributed by atoms with Gasteiger partial charge in [-0.1, -0.05) is 0 Å². The zero-order valence-corrected chi connectivity index (χ0v) is 11.9. The monoisotopic (exact) mass is 341 g/mol. The molecule has 2 fully saturated rings. The van der Waals surface area contributed by atoms with Gasteiger partial charge in [0.05, 0.1) is 0 Å². The molecule has 0 bridgehead atoms. The molecular formula is C11H21FIN3. The van der Waals surface area contributed by atoms with Crippen LogP contribution in [0.15, 0.2) is 0 Å². The van der Waals surface area contributed by atoms with Gasteiger partial charge in [-0.05, 0) is 12.8 Å². The molecule has 2 aliphatic heterocycles. The molecule has 0 aliphatic carbocycles. The molecule has 2 heterocycles. The van der Waals surface area contributed by atoms with Gasteiger partial charge >= 0.3 is 0 Å². The van der Waals surface area contributed by atoms with Crippen LogP contribution in [0, 0.1) is 0 Å². The summed E-state index contributed by atoms with van der Waals surface area (Å²) < 4.78 is 14.6. The molecule has 0 saturated carbocycles. The molecule has 0 atom stereocenters. The summed E-state index contributed by atoms with van der Waals surface area (Å²) in [7, 11) is 0. The lowest BCUT2D eigenvalue weighted by Gasteiger charge is -2.41. The van der Waals surface area contributed by atoms with Crippen LogP contribution in [0.3, 0.4) is 0 Å². The van der Waals surface area contributed by atoms with Crippen LogP contribution in [0.4, 0.5) is 4.39 Å². The third-order valence-electron chi connectivity index (χ3n) is 3.73. The number of alkyl halides is 1. The van der Waals surface area contributed by atoms with Crippen LogP contribution in [0.1, 0.15) is 12.8 Å². The van der Waals surface area contributed by atoms with Gasteiger partial charge in [0.2, 0.25) is 0 Å². The van der Waals surface area contributed by atoms with Gasteiger partial charge in [-0.2, -0.15) is 0 Å². The number of halogens is 2. The van der Waals surface area contributed by atoms with Crippen LogP contribution in [0.5, 0.6) is 0 Å². The number of piperazine rings is 1. The topological polar surface area (TPSA) is 9.72 Å². The summed E-state index contributed by atoms with van der Waals surface area (Å²) in [6.45, 7) is 7.22. The molecule has 0 aromatic heterocycles. The van der Waals surface area contributed by atoms with Gasteiger partial charge < -0.3 is 0 Å². The summed E-state index contributed by atoms with van der Waals surface area (Å²) in [6, 6.07) is 0.776. The van der Waals surface area contributed by atoms with Crippen molar-refractivity contribution in [1.29, 1.82) is 0 Å². The maximum Gasteiger partial charge on any atom is 0.102 e. The van der Waals surface area contributed by atoms with Crippen LogP contribution in [0.25, 0.3) is 0 Å². The largest absolute Gasteiger partial charge is 0.298 e. The molecule has 0 unspecified atom stereocenters. The van der Waals surface area contributed by atoms with E-state index in [0.717, 1.165) is 32.2 Å². The van der Waals surface area contributed by atoms with Crippen molar-refractivity contribution in [3.8, 4) is 0 Å². The Balaban J connectivity index is 1.72. The molecule has 0 radical (unpaired) electrons. The lowest BCUT2D eigenvalue weighted by molar-refractivity contribution is 0.0729. The van der Waals surface area contributed by atoms with E-state index < -0.39 is 0 Å². The molecule has 2 rings (SSSR count). The van der Waals surface area contributed by atoms with Gasteiger partial charge in [0.25, 0.3) is 0 Å². The maximum atomic E-state index is 12.2. The third-order valence-corrected chi connectivity index (χ3v) is 4.70. The summed E-state index contributed by atoms with van der Waals surface area (Å²) in [4.78, 5) is 4.85. The predicted octanol–water partition coefficient (Wildman–Crippen LogP) is 1.39. The summed E-state index contributed by atoms with van der Waals surface area (Å²) in [5.41, 5.74) is 0. The molecule has 0 aromatic rings. The fraction of sp³-hybridized carbons (Fsp3) is 1.00. The van der Waals surface area contributed by atoms with E-state index >= 15 is 0 Å². The van der Waals surface area contributed by atoms with Crippen molar-refractivity contribution in [2.75, 3.05) is 52.5 Å². The SMILES string of the molecule is FCCN1CCN(C2CCN(I)CC2)CC1. The summed E-state index contributed by atoms with van der Waals surface area (Å²) >= 11 is 2.42. The van der Waals surface area contributed by atoms with Crippen LogP contribution in [-0.4, -0.2) is 71.4 Å². The van der Waals surface area contributed by atoms with E-state index in [2.05, 4.69) is 35.8 Å². The van der Waals surface area contributed by atoms with E-state index in [4.69, 9.17) is 0 Å². The first-order chi connectivity index (χ1) is 7.79. The van der Waals surface area contributed by atoms with Crippen molar-refractivity contribution in [3.05, 3.63) is 0 Å². The van der Waals surface area contributed by atoms with Crippen LogP contribution in [0.2, 0.25) is 0 Å². The Kier molecular flexibility index (Phi) is 5.25. The highest BCUT2D eigenvalue weighted by Crippen LogP contribution is 2.20. The van der Waals surface area contributed by atoms with Gasteiger partial charge in [0.1, 0.15) is 6.67 Å². The van der Waals surface area contributed by atoms with Gasteiger partial charge in [-0.3, -0.25) is 9.80 Å². The highest BCUT2D eigenvalue weighted by atomic mass is 127. The normalized spacial score (nSPS) is 27.4. The van der Waals surface area contributed by atoms with Crippen molar-refractivity contribution in [3.63, 3.8) is 0 Å². The van der Waals surface area contributed by atoms with Crippen molar-refractivity contribution in [2.24, 2.45) is 0 Å². The predicted molar refractivity (Wildman–Crippen MR) is 72.6 cm³/mol. The Morgan fingerprint density at radius 1 is 1.00 bits per heavy atom. The molecule has 0 aromatic carbocycles. The minimum Gasteiger partial charge on any atom is -0.298 e. The Labute approximate surface area is 111 Å². The first kappa shape index (κ1) is 13.0. The van der Waals surface area contributed by atoms with E-state index in [-0.39, 0.29) is 6.67 Å². The average molecular weight is 341 g/mol. The minimum atomic E-state index is -0.201. The van der Waals surface area contributed by atoms with Crippen molar-refractivity contribution < 1.29 is 4.39 Å². The first-order valence-corrected chi connectivity index (χ1v) is 7.19. The maximum absolute atomic E-state index is 12.2. The molecule has 3 nitrogen and oxygen atoms in total. The summed E-state index contributed by atoms with van der Waals surface area (Å²) in [6.07, 6.45) is 2.60. The Morgan fingerprint density at radius 3 is 2.19 bits per heavy atom. The highest BCUT2D eigenvalue weighted by molar-refractivity contribution is 14.1. The number of nitrogens with zero attached hydrogens (tertiary/aromatic N) is 3. The molecule has 16 heavy (non-hydrogen) atoms. The molecule has 5 heteroatoms. The van der Waals surface area contributed by atoms with Crippen LogP contribution >= 0.6 is 22.9 Å². The second kappa shape index (κ2) is 6.47. The number of rotatable bonds is 3. The molecule has 0 N–H and O–H groups in total. The minimum absolute atomic E-state index is 0.201. The second-order valence-corrected chi connectivity index (χ2v) is 6.07. The molecule has 94 valence electrons. The van der Waals surface area contributed by atoms with Crippen molar-refractivity contribution in [1.82, 2.24) is 12.9 Å². The van der Waals surface area contributed by atoms with Crippen LogP contribution in [-0.2, 0) is 0 Å². The molecule has 0 spiro atoms. The zero-order valence-electron chi connectivity index (χ0n) is 9.75. The van der Waals surface area contributed by atoms with Crippen molar-refractivity contribution in [2.45, 2.75) is 18.9 Å². The third kappa shape index (κ3) is 3.51. The number of hydrogen-bond donors (Lipinski definition) is 0. The van der Waals surface area contributed by atoms with E-state index in [1.54, 1.807) is 0 Å². The van der Waals surface area contributed by atoms with E-state index in [9.17, 15) is 4.39 Å². The van der Waals surface area contributed by atoms with Gasteiger partial charge in [0, 0.05) is 74.7 Å². The number of hydrogen-bond acceptors (Lipinski definition) is 3. The van der Waals surface area contributed by atoms with E-state index in [1.807, 2.05) is 0 Å². The fourth-order valence-electron chi connectivity index (χ4n) is 2.67. The molecule has 2 saturated heterocycles. The Morgan fingerprint density at radius 2 is 1.62 bits per heavy atom. The van der Waals surface area contributed by atoms with Crippen molar-refractivity contribution >= 4 is 22.9 Å². The average Bonchev–Trinajstić information content (AvgIpc) is 2.32. The highest BCUT2D eigenvalue weighted by Gasteiger charge is 2.26. The molecule has 0 amide bonds. The van der Waals surface area contributed by atoms with Crippen LogP contribution < -0.4 is 0 Å². The number of piperidine rings is 1. The molecular weight excluding hydrogens is 320 g/mol. The van der Waals surface area contributed by atoms with Gasteiger partial charge in [0.15, 0.2) is 0 Å². The lowest BCUT2D eigenvalue weighted by atomic mass is 10.0. The first-order valence-electron chi connectivity index (χ1n) is 6.22. The second-order valence-electron chi connectivity index (χ2n) is 4.71. The zero-order chi connectivity index (χ0) is 11.4. The van der Waals surface area contributed by atoms with Gasteiger partial charge in [-0.15, -0.1) is 0 Å². The van der Waals surface area contributed by atoms with Gasteiger partial charge in [-0.25, -0.2) is 7.50 Å². The summed E-state index contributed by atoms with van der Waals surface area (Å²) in [5.74, 6) is 0. The lowest BCUT2D eigenvalue weighted by Crippen LogP contribution is -2.52. The van der Waals surface area contributed by atoms with E-state index in [1.165, 1.54) is 25.9 Å². The molecule has 2 aliphatic rings. The quantitative estimate of drug-likeness (QED) is 0.567. The van der Waals surface area contributed by atoms with E-state index in [0.29, 0.717) is 6.54 Å². The summed E-state index contributed by atoms with van der Waals surface area (Å²) in [5, 5.41) is 0. The Bertz CT molecular complexity index is 201. The fourth-order valence-corrected chi connectivity index (χ4v) is 3.23. The standard InChI is InChI=1S/C11H21FIN3/c12-3-6-14-7-9-15(10-8-14)11-1-4-16(13)5-2-11/h11H,1-10H2. The smallest absolute Gasteiger partial charge is 0.102 e.